The second-order valence-electron chi connectivity index (χ2n) is 5.62. The van der Waals surface area contributed by atoms with Gasteiger partial charge in [-0.05, 0) is 44.3 Å². The van der Waals surface area contributed by atoms with E-state index in [0.29, 0.717) is 11.9 Å². The molecule has 1 amide bonds. The number of amides is 1. The lowest BCUT2D eigenvalue weighted by atomic mass is 9.95. The van der Waals surface area contributed by atoms with Gasteiger partial charge in [-0.25, -0.2) is 0 Å². The molecule has 3 rings (SSSR count). The zero-order chi connectivity index (χ0) is 13.1. The first-order chi connectivity index (χ1) is 9.36. The highest BCUT2D eigenvalue weighted by Crippen LogP contribution is 2.33. The van der Waals surface area contributed by atoms with Crippen LogP contribution >= 0.6 is 0 Å². The molecule has 19 heavy (non-hydrogen) atoms. The molecule has 0 bridgehead atoms. The highest BCUT2D eigenvalue weighted by atomic mass is 16.2. The van der Waals surface area contributed by atoms with E-state index in [4.69, 9.17) is 0 Å². The summed E-state index contributed by atoms with van der Waals surface area (Å²) in [7, 11) is 0. The van der Waals surface area contributed by atoms with Gasteiger partial charge in [-0.2, -0.15) is 0 Å². The molecular weight excluding hydrogens is 236 g/mol. The van der Waals surface area contributed by atoms with Crippen LogP contribution in [0.4, 0.5) is 0 Å². The summed E-state index contributed by atoms with van der Waals surface area (Å²) in [5.74, 6) is 0.624. The summed E-state index contributed by atoms with van der Waals surface area (Å²) in [5, 5.41) is 3.33. The number of piperidine rings is 1. The second kappa shape index (κ2) is 5.74. The third kappa shape index (κ3) is 2.66. The smallest absolute Gasteiger partial charge is 0.226 e. The summed E-state index contributed by atoms with van der Waals surface area (Å²) in [6.45, 7) is 2.91. The molecule has 0 unspecified atom stereocenters. The number of nitrogens with zero attached hydrogens (tertiary/aromatic N) is 1. The molecule has 2 aliphatic rings. The third-order valence-electron chi connectivity index (χ3n) is 4.41. The second-order valence-corrected chi connectivity index (χ2v) is 5.62. The molecule has 1 aromatic rings. The van der Waals surface area contributed by atoms with E-state index in [1.54, 1.807) is 0 Å². The zero-order valence-electron chi connectivity index (χ0n) is 11.3. The molecule has 0 spiro atoms. The van der Waals surface area contributed by atoms with Crippen molar-refractivity contribution in [1.82, 2.24) is 10.2 Å². The average Bonchev–Trinajstić information content (AvgIpc) is 2.98. The summed E-state index contributed by atoms with van der Waals surface area (Å²) < 4.78 is 0. The van der Waals surface area contributed by atoms with Gasteiger partial charge in [-0.15, -0.1) is 0 Å². The molecule has 1 atom stereocenters. The van der Waals surface area contributed by atoms with Crippen molar-refractivity contribution < 1.29 is 4.79 Å². The normalized spacial score (nSPS) is 24.6. The van der Waals surface area contributed by atoms with E-state index in [9.17, 15) is 4.79 Å². The van der Waals surface area contributed by atoms with E-state index < -0.39 is 0 Å². The maximum Gasteiger partial charge on any atom is 0.226 e. The molecule has 1 aromatic carbocycles. The monoisotopic (exact) mass is 258 g/mol. The molecule has 1 N–H and O–H groups in total. The number of nitrogens with one attached hydrogen (secondary N) is 1. The first-order valence-corrected chi connectivity index (χ1v) is 7.42. The fourth-order valence-electron chi connectivity index (χ4n) is 3.36. The van der Waals surface area contributed by atoms with Crippen LogP contribution < -0.4 is 5.32 Å². The van der Waals surface area contributed by atoms with Crippen LogP contribution in [-0.2, 0) is 4.79 Å². The number of hydrogen-bond acceptors (Lipinski definition) is 2. The van der Waals surface area contributed by atoms with Crippen LogP contribution in [0.5, 0.6) is 0 Å². The zero-order valence-corrected chi connectivity index (χ0v) is 11.3. The molecule has 2 fully saturated rings. The van der Waals surface area contributed by atoms with Gasteiger partial charge in [0.15, 0.2) is 0 Å². The third-order valence-corrected chi connectivity index (χ3v) is 4.41. The van der Waals surface area contributed by atoms with Crippen LogP contribution in [-0.4, -0.2) is 30.4 Å². The van der Waals surface area contributed by atoms with Gasteiger partial charge in [-0.3, -0.25) is 4.79 Å². The van der Waals surface area contributed by atoms with Crippen molar-refractivity contribution in [2.24, 2.45) is 5.92 Å². The van der Waals surface area contributed by atoms with Gasteiger partial charge in [0, 0.05) is 12.5 Å². The van der Waals surface area contributed by atoms with Crippen LogP contribution in [0.1, 0.15) is 37.3 Å². The minimum absolute atomic E-state index is 0.241. The van der Waals surface area contributed by atoms with Crippen LogP contribution in [0.25, 0.3) is 0 Å². The highest BCUT2D eigenvalue weighted by Gasteiger charge is 2.34. The van der Waals surface area contributed by atoms with Crippen LogP contribution in [0.3, 0.4) is 0 Å². The predicted octanol–water partition coefficient (Wildman–Crippen LogP) is 2.35. The van der Waals surface area contributed by atoms with E-state index in [-0.39, 0.29) is 5.92 Å². The number of likely N-dealkylation sites (tertiary alicyclic amines) is 1. The Morgan fingerprint density at radius 1 is 1.11 bits per heavy atom. The number of hydrogen-bond donors (Lipinski definition) is 1. The Labute approximate surface area is 115 Å². The van der Waals surface area contributed by atoms with E-state index in [0.717, 1.165) is 45.3 Å². The highest BCUT2D eigenvalue weighted by molar-refractivity contribution is 5.79. The molecule has 2 heterocycles. The fraction of sp³-hybridized carbons (Fsp3) is 0.562. The lowest BCUT2D eigenvalue weighted by Gasteiger charge is -2.31. The number of rotatable bonds is 2. The number of benzene rings is 1. The summed E-state index contributed by atoms with van der Waals surface area (Å²) in [6, 6.07) is 10.8. The number of carbonyl (C=O) groups excluding carboxylic acids is 1. The molecule has 3 nitrogen and oxygen atoms in total. The van der Waals surface area contributed by atoms with E-state index in [2.05, 4.69) is 34.5 Å². The molecule has 0 saturated carbocycles. The lowest BCUT2D eigenvalue weighted by molar-refractivity contribution is -0.137. The average molecular weight is 258 g/mol. The molecule has 3 heteroatoms. The fourth-order valence-corrected chi connectivity index (χ4v) is 3.36. The summed E-state index contributed by atoms with van der Waals surface area (Å²) in [5.41, 5.74) is 1.29. The van der Waals surface area contributed by atoms with Gasteiger partial charge in [0.05, 0.1) is 6.04 Å². The van der Waals surface area contributed by atoms with Crippen LogP contribution in [0, 0.1) is 5.92 Å². The van der Waals surface area contributed by atoms with E-state index in [1.807, 2.05) is 6.07 Å². The van der Waals surface area contributed by atoms with Gasteiger partial charge in [-0.1, -0.05) is 30.3 Å². The van der Waals surface area contributed by atoms with Crippen molar-refractivity contribution in [1.29, 1.82) is 0 Å². The summed E-state index contributed by atoms with van der Waals surface area (Å²) in [6.07, 6.45) is 4.24. The molecule has 0 aliphatic carbocycles. The summed E-state index contributed by atoms with van der Waals surface area (Å²) in [4.78, 5) is 14.8. The Morgan fingerprint density at radius 3 is 2.58 bits per heavy atom. The van der Waals surface area contributed by atoms with Gasteiger partial charge in [0.1, 0.15) is 0 Å². The SMILES string of the molecule is O=C(C1CCNCC1)N1CCC[C@H]1c1ccccc1. The number of carbonyl (C=O) groups is 1. The van der Waals surface area contributed by atoms with Gasteiger partial charge in [0.2, 0.25) is 5.91 Å². The Bertz CT molecular complexity index is 426. The predicted molar refractivity (Wildman–Crippen MR) is 75.7 cm³/mol. The standard InChI is InChI=1S/C16H22N2O/c19-16(14-8-10-17-11-9-14)18-12-4-7-15(18)13-5-2-1-3-6-13/h1-3,5-6,14-15,17H,4,7-12H2/t15-/m0/s1. The van der Waals surface area contributed by atoms with Crippen molar-refractivity contribution in [3.05, 3.63) is 35.9 Å². The largest absolute Gasteiger partial charge is 0.335 e. The van der Waals surface area contributed by atoms with Crippen LogP contribution in [0.15, 0.2) is 30.3 Å². The minimum atomic E-state index is 0.241. The molecule has 2 aliphatic heterocycles. The van der Waals surface area contributed by atoms with Crippen molar-refractivity contribution in [3.63, 3.8) is 0 Å². The van der Waals surface area contributed by atoms with Gasteiger partial charge in [0.25, 0.3) is 0 Å². The first-order valence-electron chi connectivity index (χ1n) is 7.42. The Hall–Kier alpha value is -1.35. The van der Waals surface area contributed by atoms with Crippen molar-refractivity contribution in [3.8, 4) is 0 Å². The van der Waals surface area contributed by atoms with E-state index in [1.165, 1.54) is 5.56 Å². The minimum Gasteiger partial charge on any atom is -0.335 e. The molecular formula is C16H22N2O. The van der Waals surface area contributed by atoms with Gasteiger partial charge >= 0.3 is 0 Å². The van der Waals surface area contributed by atoms with E-state index >= 15 is 0 Å². The van der Waals surface area contributed by atoms with Crippen molar-refractivity contribution in [2.75, 3.05) is 19.6 Å². The van der Waals surface area contributed by atoms with Crippen molar-refractivity contribution in [2.45, 2.75) is 31.7 Å². The van der Waals surface area contributed by atoms with Crippen molar-refractivity contribution >= 4 is 5.91 Å². The topological polar surface area (TPSA) is 32.3 Å². The Kier molecular flexibility index (Phi) is 3.83. The van der Waals surface area contributed by atoms with Gasteiger partial charge < -0.3 is 10.2 Å². The Morgan fingerprint density at radius 2 is 1.84 bits per heavy atom. The first kappa shape index (κ1) is 12.7. The summed E-state index contributed by atoms with van der Waals surface area (Å²) >= 11 is 0. The molecule has 0 aromatic heterocycles. The molecule has 2 saturated heterocycles. The molecule has 102 valence electrons. The maximum absolute atomic E-state index is 12.7. The molecule has 0 radical (unpaired) electrons. The lowest BCUT2D eigenvalue weighted by Crippen LogP contribution is -2.40. The van der Waals surface area contributed by atoms with Crippen LogP contribution in [0.2, 0.25) is 0 Å². The Balaban J connectivity index is 1.74. The maximum atomic E-state index is 12.7. The quantitative estimate of drug-likeness (QED) is 0.883.